The van der Waals surface area contributed by atoms with E-state index in [1.54, 1.807) is 0 Å². The fourth-order valence-electron chi connectivity index (χ4n) is 9.18. The first-order valence-electron chi connectivity index (χ1n) is 20.8. The van der Waals surface area contributed by atoms with E-state index in [-0.39, 0.29) is 0 Å². The number of rotatable bonds is 8. The van der Waals surface area contributed by atoms with Crippen LogP contribution in [0.3, 0.4) is 0 Å². The molecule has 0 atom stereocenters. The molecule has 0 radical (unpaired) electrons. The van der Waals surface area contributed by atoms with Crippen LogP contribution in [-0.2, 0) is 0 Å². The summed E-state index contributed by atoms with van der Waals surface area (Å²) in [5.74, 6) is 1.95. The molecular weight excluding hydrogens is 755 g/mol. The van der Waals surface area contributed by atoms with E-state index in [9.17, 15) is 0 Å². The molecule has 10 aromatic carbocycles. The van der Waals surface area contributed by atoms with Gasteiger partial charge < -0.3 is 0 Å². The lowest BCUT2D eigenvalue weighted by molar-refractivity contribution is 1.07. The summed E-state index contributed by atoms with van der Waals surface area (Å²) in [4.78, 5) is 14.8. The van der Waals surface area contributed by atoms with Crippen molar-refractivity contribution in [1.82, 2.24) is 15.0 Å². The summed E-state index contributed by atoms with van der Waals surface area (Å²) in [6.45, 7) is 0. The maximum atomic E-state index is 4.97. The summed E-state index contributed by atoms with van der Waals surface area (Å²) in [6, 6.07) is 85.5. The van der Waals surface area contributed by atoms with Crippen LogP contribution < -0.4 is 20.7 Å². The van der Waals surface area contributed by atoms with Crippen molar-refractivity contribution in [1.29, 1.82) is 0 Å². The molecular formula is C57H39N3Si. The Morgan fingerprint density at radius 1 is 0.213 bits per heavy atom. The second-order valence-corrected chi connectivity index (χ2v) is 19.3. The highest BCUT2D eigenvalue weighted by atomic mass is 28.3. The fraction of sp³-hybridized carbons (Fsp3) is 0. The zero-order chi connectivity index (χ0) is 40.6. The first kappa shape index (κ1) is 36.3. The van der Waals surface area contributed by atoms with Crippen LogP contribution in [0, 0.1) is 0 Å². The van der Waals surface area contributed by atoms with Crippen LogP contribution >= 0.6 is 0 Å². The molecule has 0 amide bonds. The van der Waals surface area contributed by atoms with Crippen LogP contribution in [0.25, 0.3) is 77.6 Å². The lowest BCUT2D eigenvalue weighted by Crippen LogP contribution is -2.74. The Morgan fingerprint density at radius 3 is 1.03 bits per heavy atom. The normalized spacial score (nSPS) is 11.6. The number of benzene rings is 10. The van der Waals surface area contributed by atoms with Crippen molar-refractivity contribution in [3.05, 3.63) is 237 Å². The van der Waals surface area contributed by atoms with Crippen molar-refractivity contribution < 1.29 is 0 Å². The van der Waals surface area contributed by atoms with E-state index in [0.29, 0.717) is 17.5 Å². The molecule has 0 aliphatic rings. The average Bonchev–Trinajstić information content (AvgIpc) is 3.35. The summed E-state index contributed by atoms with van der Waals surface area (Å²) < 4.78 is 0. The highest BCUT2D eigenvalue weighted by Gasteiger charge is 2.41. The third-order valence-electron chi connectivity index (χ3n) is 12.1. The van der Waals surface area contributed by atoms with E-state index in [2.05, 4.69) is 176 Å². The highest BCUT2D eigenvalue weighted by Crippen LogP contribution is 2.37. The van der Waals surface area contributed by atoms with Crippen molar-refractivity contribution in [2.75, 3.05) is 0 Å². The summed E-state index contributed by atoms with van der Waals surface area (Å²) in [5, 5.41) is 13.0. The van der Waals surface area contributed by atoms with E-state index >= 15 is 0 Å². The smallest absolute Gasteiger partial charge is 0.179 e. The summed E-state index contributed by atoms with van der Waals surface area (Å²) in [6.07, 6.45) is 0. The summed E-state index contributed by atoms with van der Waals surface area (Å²) in [7, 11) is -2.73. The van der Waals surface area contributed by atoms with Crippen molar-refractivity contribution in [2.45, 2.75) is 0 Å². The summed E-state index contributed by atoms with van der Waals surface area (Å²) >= 11 is 0. The van der Waals surface area contributed by atoms with E-state index in [0.717, 1.165) is 27.8 Å². The highest BCUT2D eigenvalue weighted by molar-refractivity contribution is 7.20. The monoisotopic (exact) mass is 793 g/mol. The first-order chi connectivity index (χ1) is 30.2. The fourth-order valence-corrected chi connectivity index (χ4v) is 14.0. The minimum Gasteiger partial charge on any atom is -0.208 e. The lowest BCUT2D eigenvalue weighted by atomic mass is 9.92. The van der Waals surface area contributed by atoms with Gasteiger partial charge in [0.2, 0.25) is 0 Å². The van der Waals surface area contributed by atoms with Gasteiger partial charge in [-0.05, 0) is 70.3 Å². The molecule has 0 N–H and O–H groups in total. The molecule has 11 aromatic rings. The first-order valence-corrected chi connectivity index (χ1v) is 22.8. The molecule has 11 rings (SSSR count). The molecule has 1 heterocycles. The molecule has 0 aliphatic carbocycles. The van der Waals surface area contributed by atoms with Crippen LogP contribution in [0.5, 0.6) is 0 Å². The predicted octanol–water partition coefficient (Wildman–Crippen LogP) is 11.4. The molecule has 286 valence electrons. The second-order valence-electron chi connectivity index (χ2n) is 15.5. The van der Waals surface area contributed by atoms with E-state index in [1.165, 1.54) is 53.1 Å². The van der Waals surface area contributed by atoms with Gasteiger partial charge in [-0.25, -0.2) is 15.0 Å². The maximum Gasteiger partial charge on any atom is 0.179 e. The molecule has 0 saturated heterocycles. The van der Waals surface area contributed by atoms with Gasteiger partial charge in [-0.15, -0.1) is 0 Å². The van der Waals surface area contributed by atoms with E-state index < -0.39 is 8.07 Å². The predicted molar refractivity (Wildman–Crippen MR) is 258 cm³/mol. The Morgan fingerprint density at radius 2 is 0.541 bits per heavy atom. The number of nitrogens with zero attached hydrogens (tertiary/aromatic N) is 3. The van der Waals surface area contributed by atoms with Gasteiger partial charge >= 0.3 is 0 Å². The summed E-state index contributed by atoms with van der Waals surface area (Å²) in [5.41, 5.74) is 5.14. The van der Waals surface area contributed by atoms with Crippen LogP contribution in [-0.4, -0.2) is 23.0 Å². The molecule has 0 saturated carbocycles. The zero-order valence-corrected chi connectivity index (χ0v) is 34.4. The van der Waals surface area contributed by atoms with Crippen LogP contribution in [0.2, 0.25) is 0 Å². The van der Waals surface area contributed by atoms with Gasteiger partial charge in [-0.2, -0.15) is 0 Å². The average molecular weight is 794 g/mol. The zero-order valence-electron chi connectivity index (χ0n) is 33.4. The van der Waals surface area contributed by atoms with Gasteiger partial charge in [-0.3, -0.25) is 0 Å². The number of fused-ring (bicyclic) bond motifs is 6. The Bertz CT molecular complexity index is 3170. The topological polar surface area (TPSA) is 38.7 Å². The minimum atomic E-state index is -2.73. The molecule has 0 fully saturated rings. The van der Waals surface area contributed by atoms with E-state index in [1.807, 2.05) is 60.7 Å². The van der Waals surface area contributed by atoms with Gasteiger partial charge in [0.15, 0.2) is 25.5 Å². The Kier molecular flexibility index (Phi) is 9.18. The molecule has 0 spiro atoms. The molecule has 1 aromatic heterocycles. The van der Waals surface area contributed by atoms with Gasteiger partial charge in [0.1, 0.15) is 0 Å². The lowest BCUT2D eigenvalue weighted by Gasteiger charge is -2.34. The van der Waals surface area contributed by atoms with Crippen LogP contribution in [0.4, 0.5) is 0 Å². The van der Waals surface area contributed by atoms with Crippen molar-refractivity contribution in [2.24, 2.45) is 0 Å². The number of hydrogen-bond acceptors (Lipinski definition) is 3. The standard InChI is InChI=1S/C57H39N3Si/c1-6-18-41(19-7-1)55-58-56(42-20-8-2-9-21-42)60-57(59-55)43-32-30-40(31-33-43)44-34-36-52-53(38-44)50-29-17-16-28-49(50)51-37-35-48(39-54(51)52)61(45-22-10-3-11-23-45,46-24-12-4-13-25-46)47-26-14-5-15-27-47/h1-39H. The van der Waals surface area contributed by atoms with Crippen molar-refractivity contribution >= 4 is 61.1 Å². The Labute approximate surface area is 356 Å². The molecule has 61 heavy (non-hydrogen) atoms. The molecule has 0 bridgehead atoms. The number of aromatic nitrogens is 3. The van der Waals surface area contributed by atoms with Crippen molar-refractivity contribution in [3.63, 3.8) is 0 Å². The molecule has 3 nitrogen and oxygen atoms in total. The maximum absolute atomic E-state index is 4.97. The van der Waals surface area contributed by atoms with Crippen LogP contribution in [0.15, 0.2) is 237 Å². The Hall–Kier alpha value is -7.79. The van der Waals surface area contributed by atoms with Crippen molar-refractivity contribution in [3.8, 4) is 45.3 Å². The quantitative estimate of drug-likeness (QED) is 0.0874. The molecule has 4 heteroatoms. The molecule has 0 unspecified atom stereocenters. The minimum absolute atomic E-state index is 0.646. The third kappa shape index (κ3) is 6.42. The van der Waals surface area contributed by atoms with E-state index in [4.69, 9.17) is 15.0 Å². The van der Waals surface area contributed by atoms with Gasteiger partial charge in [0.05, 0.1) is 0 Å². The largest absolute Gasteiger partial charge is 0.208 e. The SMILES string of the molecule is c1ccc(-c2nc(-c3ccccc3)nc(-c3ccc(-c4ccc5c(c4)c4ccccc4c4ccc([Si](c6ccccc6)(c6ccccc6)c6ccccc6)cc45)cc3)n2)cc1. The number of hydrogen-bond donors (Lipinski definition) is 0. The Balaban J connectivity index is 1.06. The van der Waals surface area contributed by atoms with Crippen LogP contribution in [0.1, 0.15) is 0 Å². The van der Waals surface area contributed by atoms with Gasteiger partial charge in [0.25, 0.3) is 0 Å². The molecule has 0 aliphatic heterocycles. The van der Waals surface area contributed by atoms with Gasteiger partial charge in [0, 0.05) is 16.7 Å². The second kappa shape index (κ2) is 15.4. The third-order valence-corrected chi connectivity index (χ3v) is 16.8. The van der Waals surface area contributed by atoms with Gasteiger partial charge in [-0.1, -0.05) is 231 Å².